The number of nitrogens with zero attached hydrogens (tertiary/aromatic N) is 1. The number of fused-ring (bicyclic) bond motifs is 1. The van der Waals surface area contributed by atoms with E-state index in [-0.39, 0.29) is 11.8 Å². The number of hydrogen-bond donors (Lipinski definition) is 1. The molecule has 4 atom stereocenters. The Morgan fingerprint density at radius 2 is 1.92 bits per heavy atom. The van der Waals surface area contributed by atoms with E-state index in [9.17, 15) is 14.4 Å². The van der Waals surface area contributed by atoms with Crippen LogP contribution >= 0.6 is 0 Å². The number of carbonyl (C=O) groups excluding carboxylic acids is 3. The smallest absolute Gasteiger partial charge is 0.326 e. The molecule has 7 heteroatoms. The van der Waals surface area contributed by atoms with Crippen LogP contribution in [0.15, 0.2) is 24.3 Å². The van der Waals surface area contributed by atoms with Crippen molar-refractivity contribution < 1.29 is 23.9 Å². The van der Waals surface area contributed by atoms with Crippen LogP contribution in [0, 0.1) is 11.8 Å². The first-order valence-electron chi connectivity index (χ1n) is 8.23. The standard InChI is InChI=1S/C18H22N2O5/c1-5-18(17(23)25-4)13-12(15(21)20(2)16(13)22)14(19-18)10-8-6-7-9-11(10)24-3/h6-9,12-14,19H,5H2,1-4H3/t12-,13-,14-,18+/m0/s1. The molecule has 2 amide bonds. The molecule has 7 nitrogen and oxygen atoms in total. The van der Waals surface area contributed by atoms with Gasteiger partial charge < -0.3 is 9.47 Å². The van der Waals surface area contributed by atoms with E-state index in [0.29, 0.717) is 12.2 Å². The molecule has 134 valence electrons. The van der Waals surface area contributed by atoms with Crippen molar-refractivity contribution >= 4 is 17.8 Å². The number of rotatable bonds is 4. The normalized spacial score (nSPS) is 31.2. The van der Waals surface area contributed by atoms with Gasteiger partial charge in [0, 0.05) is 18.7 Å². The summed E-state index contributed by atoms with van der Waals surface area (Å²) < 4.78 is 10.4. The summed E-state index contributed by atoms with van der Waals surface area (Å²) in [4.78, 5) is 39.2. The molecular weight excluding hydrogens is 324 g/mol. The van der Waals surface area contributed by atoms with Crippen molar-refractivity contribution in [3.8, 4) is 5.75 Å². The lowest BCUT2D eigenvalue weighted by molar-refractivity contribution is -0.154. The average molecular weight is 346 g/mol. The number of amides is 2. The number of likely N-dealkylation sites (tertiary alicyclic amines) is 1. The number of hydrogen-bond acceptors (Lipinski definition) is 6. The van der Waals surface area contributed by atoms with Crippen LogP contribution in [0.5, 0.6) is 5.75 Å². The molecule has 0 spiro atoms. The van der Waals surface area contributed by atoms with Crippen LogP contribution in [0.2, 0.25) is 0 Å². The van der Waals surface area contributed by atoms with Gasteiger partial charge in [-0.15, -0.1) is 0 Å². The fraction of sp³-hybridized carbons (Fsp3) is 0.500. The lowest BCUT2D eigenvalue weighted by atomic mass is 9.78. The van der Waals surface area contributed by atoms with Crippen molar-refractivity contribution in [1.82, 2.24) is 10.2 Å². The van der Waals surface area contributed by atoms with Crippen LogP contribution in [0.3, 0.4) is 0 Å². The molecule has 1 aromatic rings. The van der Waals surface area contributed by atoms with Gasteiger partial charge in [0.1, 0.15) is 11.3 Å². The van der Waals surface area contributed by atoms with E-state index < -0.39 is 29.4 Å². The van der Waals surface area contributed by atoms with E-state index in [2.05, 4.69) is 5.32 Å². The minimum Gasteiger partial charge on any atom is -0.496 e. The summed E-state index contributed by atoms with van der Waals surface area (Å²) in [6.07, 6.45) is 0.333. The number of benzene rings is 1. The third-order valence-electron chi connectivity index (χ3n) is 5.46. The second kappa shape index (κ2) is 6.15. The van der Waals surface area contributed by atoms with Crippen LogP contribution in [-0.2, 0) is 19.1 Å². The van der Waals surface area contributed by atoms with E-state index in [0.717, 1.165) is 10.5 Å². The molecule has 0 aromatic heterocycles. The number of nitrogens with one attached hydrogen (secondary N) is 1. The third-order valence-corrected chi connectivity index (χ3v) is 5.46. The van der Waals surface area contributed by atoms with Gasteiger partial charge in [-0.2, -0.15) is 0 Å². The number of esters is 1. The molecule has 0 aliphatic carbocycles. The highest BCUT2D eigenvalue weighted by molar-refractivity contribution is 6.09. The predicted molar refractivity (Wildman–Crippen MR) is 88.7 cm³/mol. The molecule has 0 unspecified atom stereocenters. The molecule has 0 saturated carbocycles. The van der Waals surface area contributed by atoms with Gasteiger partial charge in [-0.25, -0.2) is 0 Å². The largest absolute Gasteiger partial charge is 0.496 e. The highest BCUT2D eigenvalue weighted by atomic mass is 16.5. The van der Waals surface area contributed by atoms with Crippen LogP contribution in [0.1, 0.15) is 24.9 Å². The van der Waals surface area contributed by atoms with Crippen LogP contribution in [-0.4, -0.2) is 49.5 Å². The zero-order valence-electron chi connectivity index (χ0n) is 14.7. The molecule has 2 aliphatic heterocycles. The molecule has 1 N–H and O–H groups in total. The number of para-hydroxylation sites is 1. The third kappa shape index (κ3) is 2.26. The molecule has 0 radical (unpaired) electrons. The second-order valence-corrected chi connectivity index (χ2v) is 6.42. The Hall–Kier alpha value is -2.41. The van der Waals surface area contributed by atoms with Crippen molar-refractivity contribution in [2.24, 2.45) is 11.8 Å². The zero-order valence-corrected chi connectivity index (χ0v) is 14.7. The Kier molecular flexibility index (Phi) is 4.28. The van der Waals surface area contributed by atoms with Crippen molar-refractivity contribution in [2.75, 3.05) is 21.3 Å². The van der Waals surface area contributed by atoms with Gasteiger partial charge in [0.25, 0.3) is 0 Å². The molecule has 1 aromatic carbocycles. The summed E-state index contributed by atoms with van der Waals surface area (Å²) in [5, 5.41) is 3.26. The summed E-state index contributed by atoms with van der Waals surface area (Å²) >= 11 is 0. The molecule has 2 fully saturated rings. The highest BCUT2D eigenvalue weighted by Crippen LogP contribution is 2.51. The summed E-state index contributed by atoms with van der Waals surface area (Å²) in [7, 11) is 4.30. The van der Waals surface area contributed by atoms with Crippen LogP contribution in [0.25, 0.3) is 0 Å². The van der Waals surface area contributed by atoms with Crippen LogP contribution < -0.4 is 10.1 Å². The zero-order chi connectivity index (χ0) is 18.4. The van der Waals surface area contributed by atoms with E-state index in [1.54, 1.807) is 13.2 Å². The topological polar surface area (TPSA) is 84.9 Å². The van der Waals surface area contributed by atoms with Crippen molar-refractivity contribution in [3.05, 3.63) is 29.8 Å². The maximum absolute atomic E-state index is 12.8. The van der Waals surface area contributed by atoms with E-state index in [4.69, 9.17) is 9.47 Å². The first-order valence-corrected chi connectivity index (χ1v) is 8.23. The van der Waals surface area contributed by atoms with Gasteiger partial charge >= 0.3 is 5.97 Å². The number of ether oxygens (including phenoxy) is 2. The van der Waals surface area contributed by atoms with Gasteiger partial charge in [-0.1, -0.05) is 25.1 Å². The maximum Gasteiger partial charge on any atom is 0.326 e. The fourth-order valence-corrected chi connectivity index (χ4v) is 4.18. The summed E-state index contributed by atoms with van der Waals surface area (Å²) in [6, 6.07) is 6.79. The fourth-order valence-electron chi connectivity index (χ4n) is 4.18. The quantitative estimate of drug-likeness (QED) is 0.644. The van der Waals surface area contributed by atoms with Gasteiger partial charge in [0.2, 0.25) is 11.8 Å². The molecular formula is C18H22N2O5. The van der Waals surface area contributed by atoms with Gasteiger partial charge in [-0.05, 0) is 12.5 Å². The molecule has 0 bridgehead atoms. The van der Waals surface area contributed by atoms with Crippen molar-refractivity contribution in [1.29, 1.82) is 0 Å². The average Bonchev–Trinajstić information content (AvgIpc) is 3.11. The summed E-state index contributed by atoms with van der Waals surface area (Å²) in [5.41, 5.74) is -0.488. The lowest BCUT2D eigenvalue weighted by Crippen LogP contribution is -2.55. The SMILES string of the molecule is CC[C@@]1(C(=O)OC)N[C@@H](c2ccccc2OC)[C@H]2C(=O)N(C)C(=O)[C@H]21. The molecule has 2 saturated heterocycles. The van der Waals surface area contributed by atoms with Crippen molar-refractivity contribution in [2.45, 2.75) is 24.9 Å². The predicted octanol–water partition coefficient (Wildman–Crippen LogP) is 0.892. The maximum atomic E-state index is 12.8. The summed E-state index contributed by atoms with van der Waals surface area (Å²) in [5.74, 6) is -2.04. The summed E-state index contributed by atoms with van der Waals surface area (Å²) in [6.45, 7) is 1.81. The Morgan fingerprint density at radius 3 is 2.52 bits per heavy atom. The molecule has 2 aliphatic rings. The lowest BCUT2D eigenvalue weighted by Gasteiger charge is -2.31. The first-order chi connectivity index (χ1) is 11.9. The van der Waals surface area contributed by atoms with Gasteiger partial charge in [-0.3, -0.25) is 24.6 Å². The van der Waals surface area contributed by atoms with Gasteiger partial charge in [0.05, 0.1) is 26.1 Å². The molecule has 2 heterocycles. The Morgan fingerprint density at radius 1 is 1.24 bits per heavy atom. The Bertz CT molecular complexity index is 734. The van der Waals surface area contributed by atoms with E-state index in [1.807, 2.05) is 25.1 Å². The van der Waals surface area contributed by atoms with E-state index >= 15 is 0 Å². The van der Waals surface area contributed by atoms with Crippen molar-refractivity contribution in [3.63, 3.8) is 0 Å². The second-order valence-electron chi connectivity index (χ2n) is 6.42. The van der Waals surface area contributed by atoms with Crippen LogP contribution in [0.4, 0.5) is 0 Å². The monoisotopic (exact) mass is 346 g/mol. The Balaban J connectivity index is 2.17. The minimum atomic E-state index is -1.23. The minimum absolute atomic E-state index is 0.294. The highest BCUT2D eigenvalue weighted by Gasteiger charge is 2.67. The number of imide groups is 1. The van der Waals surface area contributed by atoms with Gasteiger partial charge in [0.15, 0.2) is 0 Å². The number of methoxy groups -OCH3 is 2. The Labute approximate surface area is 146 Å². The number of carbonyl (C=O) groups is 3. The van der Waals surface area contributed by atoms with E-state index in [1.165, 1.54) is 14.2 Å². The molecule has 3 rings (SSSR count). The molecule has 25 heavy (non-hydrogen) atoms. The first kappa shape index (κ1) is 17.4.